The summed E-state index contributed by atoms with van der Waals surface area (Å²) in [5, 5.41) is 8.05. The van der Waals surface area contributed by atoms with Gasteiger partial charge in [0, 0.05) is 25.5 Å². The third kappa shape index (κ3) is 4.44. The molecule has 1 amide bonds. The summed E-state index contributed by atoms with van der Waals surface area (Å²) in [5.74, 6) is -1.75. The standard InChI is InChI=1S/C17H19NO5S/c1-11(19)24-15(10-14(20)12-6-3-2-4-7-12)16(21)18-9-5-8-13(18)17(22)23/h2-4,6-7,13,15H,5,8-10H2,1H3,(H,22,23)/t13-,15?/m0/s1. The van der Waals surface area contributed by atoms with Crippen molar-refractivity contribution in [1.29, 1.82) is 0 Å². The number of carbonyl (C=O) groups excluding carboxylic acids is 3. The summed E-state index contributed by atoms with van der Waals surface area (Å²) in [7, 11) is 0. The van der Waals surface area contributed by atoms with E-state index in [9.17, 15) is 24.3 Å². The maximum atomic E-state index is 12.7. The van der Waals surface area contributed by atoms with Crippen LogP contribution in [0.15, 0.2) is 30.3 Å². The number of aliphatic carboxylic acids is 1. The van der Waals surface area contributed by atoms with Crippen molar-refractivity contribution in [3.8, 4) is 0 Å². The summed E-state index contributed by atoms with van der Waals surface area (Å²) in [6.07, 6.45) is 0.869. The van der Waals surface area contributed by atoms with Crippen molar-refractivity contribution < 1.29 is 24.3 Å². The normalized spacial score (nSPS) is 18.2. The largest absolute Gasteiger partial charge is 0.480 e. The van der Waals surface area contributed by atoms with E-state index in [0.29, 0.717) is 24.9 Å². The van der Waals surface area contributed by atoms with Crippen LogP contribution in [0.4, 0.5) is 0 Å². The van der Waals surface area contributed by atoms with Gasteiger partial charge in [0.15, 0.2) is 10.9 Å². The van der Waals surface area contributed by atoms with Crippen molar-refractivity contribution in [1.82, 2.24) is 4.90 Å². The molecule has 1 aromatic rings. The zero-order chi connectivity index (χ0) is 17.7. The van der Waals surface area contributed by atoms with Gasteiger partial charge in [0.1, 0.15) is 6.04 Å². The molecular weight excluding hydrogens is 330 g/mol. The van der Waals surface area contributed by atoms with Crippen molar-refractivity contribution in [2.45, 2.75) is 37.5 Å². The molecule has 1 heterocycles. The third-order valence-electron chi connectivity index (χ3n) is 3.87. The number of nitrogens with zero attached hydrogens (tertiary/aromatic N) is 1. The van der Waals surface area contributed by atoms with Gasteiger partial charge in [0.25, 0.3) is 0 Å². The lowest BCUT2D eigenvalue weighted by molar-refractivity contribution is -0.148. The molecule has 0 radical (unpaired) electrons. The van der Waals surface area contributed by atoms with E-state index in [2.05, 4.69) is 0 Å². The molecule has 0 bridgehead atoms. The fraction of sp³-hybridized carbons (Fsp3) is 0.412. The van der Waals surface area contributed by atoms with Gasteiger partial charge in [-0.1, -0.05) is 42.1 Å². The average molecular weight is 349 g/mol. The number of hydrogen-bond donors (Lipinski definition) is 1. The molecule has 0 aliphatic carbocycles. The monoisotopic (exact) mass is 349 g/mol. The molecule has 7 heteroatoms. The van der Waals surface area contributed by atoms with E-state index >= 15 is 0 Å². The fourth-order valence-electron chi connectivity index (χ4n) is 2.76. The van der Waals surface area contributed by atoms with Crippen molar-refractivity contribution >= 4 is 34.5 Å². The molecule has 2 atom stereocenters. The molecule has 1 saturated heterocycles. The van der Waals surface area contributed by atoms with Gasteiger partial charge in [0.2, 0.25) is 5.91 Å². The number of hydrogen-bond acceptors (Lipinski definition) is 5. The van der Waals surface area contributed by atoms with Crippen molar-refractivity contribution in [3.63, 3.8) is 0 Å². The summed E-state index contributed by atoms with van der Waals surface area (Å²) in [4.78, 5) is 49.1. The fourth-order valence-corrected chi connectivity index (χ4v) is 3.63. The van der Waals surface area contributed by atoms with Crippen LogP contribution >= 0.6 is 11.8 Å². The van der Waals surface area contributed by atoms with E-state index in [4.69, 9.17) is 0 Å². The molecule has 1 unspecified atom stereocenters. The van der Waals surface area contributed by atoms with E-state index in [1.165, 1.54) is 11.8 Å². The van der Waals surface area contributed by atoms with Gasteiger partial charge in [-0.3, -0.25) is 14.4 Å². The minimum Gasteiger partial charge on any atom is -0.480 e. The first-order valence-electron chi connectivity index (χ1n) is 7.69. The summed E-state index contributed by atoms with van der Waals surface area (Å²) in [6, 6.07) is 7.66. The Morgan fingerprint density at radius 1 is 1.25 bits per heavy atom. The van der Waals surface area contributed by atoms with Gasteiger partial charge >= 0.3 is 5.97 Å². The van der Waals surface area contributed by atoms with Gasteiger partial charge in [-0.05, 0) is 12.8 Å². The first-order valence-corrected chi connectivity index (χ1v) is 8.57. The topological polar surface area (TPSA) is 91.8 Å². The number of thioether (sulfide) groups is 1. The average Bonchev–Trinajstić information content (AvgIpc) is 3.03. The predicted molar refractivity (Wildman–Crippen MR) is 89.8 cm³/mol. The molecule has 24 heavy (non-hydrogen) atoms. The van der Waals surface area contributed by atoms with Crippen LogP contribution in [0.5, 0.6) is 0 Å². The molecule has 1 N–H and O–H groups in total. The SMILES string of the molecule is CC(=O)SC(CC(=O)c1ccccc1)C(=O)N1CCC[C@H]1C(=O)O. The molecule has 2 rings (SSSR count). The molecule has 0 saturated carbocycles. The third-order valence-corrected chi connectivity index (χ3v) is 4.86. The highest BCUT2D eigenvalue weighted by Gasteiger charge is 2.38. The predicted octanol–water partition coefficient (Wildman–Crippen LogP) is 1.98. The molecular formula is C17H19NO5S. The number of carbonyl (C=O) groups is 4. The Morgan fingerprint density at radius 2 is 1.92 bits per heavy atom. The van der Waals surface area contributed by atoms with Crippen LogP contribution in [0, 0.1) is 0 Å². The number of rotatable bonds is 6. The number of amides is 1. The lowest BCUT2D eigenvalue weighted by Crippen LogP contribution is -2.45. The minimum absolute atomic E-state index is 0.129. The highest BCUT2D eigenvalue weighted by Crippen LogP contribution is 2.26. The van der Waals surface area contributed by atoms with Crippen molar-refractivity contribution in [2.24, 2.45) is 0 Å². The summed E-state index contributed by atoms with van der Waals surface area (Å²) in [5.41, 5.74) is 0.468. The Kier molecular flexibility index (Phi) is 6.14. The Hall–Kier alpha value is -2.15. The number of likely N-dealkylation sites (tertiary alicyclic amines) is 1. The van der Waals surface area contributed by atoms with Crippen LogP contribution in [0.3, 0.4) is 0 Å². The van der Waals surface area contributed by atoms with E-state index in [1.54, 1.807) is 30.3 Å². The Labute approximate surface area is 144 Å². The number of ketones is 1. The van der Waals surface area contributed by atoms with E-state index in [1.807, 2.05) is 0 Å². The van der Waals surface area contributed by atoms with Gasteiger partial charge in [0.05, 0.1) is 5.25 Å². The van der Waals surface area contributed by atoms with Gasteiger partial charge < -0.3 is 10.0 Å². The van der Waals surface area contributed by atoms with Crippen LogP contribution in [0.2, 0.25) is 0 Å². The Morgan fingerprint density at radius 3 is 2.50 bits per heavy atom. The molecule has 1 fully saturated rings. The molecule has 0 spiro atoms. The van der Waals surface area contributed by atoms with Gasteiger partial charge in [-0.25, -0.2) is 4.79 Å². The van der Waals surface area contributed by atoms with Gasteiger partial charge in [-0.2, -0.15) is 0 Å². The zero-order valence-corrected chi connectivity index (χ0v) is 14.1. The summed E-state index contributed by atoms with van der Waals surface area (Å²) in [6.45, 7) is 1.67. The van der Waals surface area contributed by atoms with Crippen molar-refractivity contribution in [2.75, 3.05) is 6.54 Å². The minimum atomic E-state index is -1.05. The highest BCUT2D eigenvalue weighted by molar-refractivity contribution is 8.14. The Balaban J connectivity index is 2.15. The molecule has 1 aliphatic rings. The molecule has 1 aromatic carbocycles. The lowest BCUT2D eigenvalue weighted by Gasteiger charge is -2.25. The van der Waals surface area contributed by atoms with Crippen LogP contribution in [0.25, 0.3) is 0 Å². The van der Waals surface area contributed by atoms with Crippen LogP contribution in [-0.2, 0) is 14.4 Å². The molecule has 128 valence electrons. The zero-order valence-electron chi connectivity index (χ0n) is 13.3. The van der Waals surface area contributed by atoms with E-state index in [0.717, 1.165) is 11.8 Å². The second kappa shape index (κ2) is 8.10. The van der Waals surface area contributed by atoms with Crippen LogP contribution in [-0.4, -0.2) is 50.6 Å². The summed E-state index contributed by atoms with van der Waals surface area (Å²) >= 11 is 0.787. The van der Waals surface area contributed by atoms with Crippen molar-refractivity contribution in [3.05, 3.63) is 35.9 Å². The quantitative estimate of drug-likeness (QED) is 0.790. The van der Waals surface area contributed by atoms with Crippen LogP contribution < -0.4 is 0 Å². The van der Waals surface area contributed by atoms with E-state index < -0.39 is 23.2 Å². The highest BCUT2D eigenvalue weighted by atomic mass is 32.2. The van der Waals surface area contributed by atoms with E-state index in [-0.39, 0.29) is 17.3 Å². The maximum Gasteiger partial charge on any atom is 0.326 e. The second-order valence-corrected chi connectivity index (χ2v) is 7.00. The first kappa shape index (κ1) is 18.2. The number of benzene rings is 1. The maximum absolute atomic E-state index is 12.7. The second-order valence-electron chi connectivity index (χ2n) is 5.62. The summed E-state index contributed by atoms with van der Waals surface area (Å²) < 4.78 is 0. The van der Waals surface area contributed by atoms with Gasteiger partial charge in [-0.15, -0.1) is 0 Å². The molecule has 6 nitrogen and oxygen atoms in total. The Bertz CT molecular complexity index is 646. The number of carboxylic acid groups (broad SMARTS) is 1. The first-order chi connectivity index (χ1) is 11.4. The number of carboxylic acids is 1. The smallest absolute Gasteiger partial charge is 0.326 e. The van der Waals surface area contributed by atoms with Crippen LogP contribution in [0.1, 0.15) is 36.5 Å². The number of Topliss-reactive ketones (excluding diaryl/α,β-unsaturated/α-hetero) is 1. The molecule has 1 aliphatic heterocycles. The molecule has 0 aromatic heterocycles. The lowest BCUT2D eigenvalue weighted by atomic mass is 10.1.